The fraction of sp³-hybridized carbons (Fsp3) is 0.650. The molecule has 0 bridgehead atoms. The van der Waals surface area contributed by atoms with E-state index in [2.05, 4.69) is 11.0 Å². The largest absolute Gasteiger partial charge is 0.372 e. The quantitative estimate of drug-likeness (QED) is 0.790. The molecule has 1 spiro atoms. The van der Waals surface area contributed by atoms with Crippen molar-refractivity contribution in [3.63, 3.8) is 0 Å². The van der Waals surface area contributed by atoms with E-state index in [0.29, 0.717) is 6.61 Å². The van der Waals surface area contributed by atoms with Crippen LogP contribution in [-0.4, -0.2) is 66.8 Å². The van der Waals surface area contributed by atoms with Gasteiger partial charge < -0.3 is 14.4 Å². The van der Waals surface area contributed by atoms with Crippen molar-refractivity contribution in [2.24, 2.45) is 0 Å². The highest BCUT2D eigenvalue weighted by Gasteiger charge is 2.47. The Morgan fingerprint density at radius 3 is 2.88 bits per heavy atom. The molecule has 3 fully saturated rings. The van der Waals surface area contributed by atoms with Crippen LogP contribution in [0.2, 0.25) is 5.02 Å². The Bertz CT molecular complexity index is 642. The molecule has 3 heterocycles. The van der Waals surface area contributed by atoms with Crippen molar-refractivity contribution in [1.82, 2.24) is 9.80 Å². The van der Waals surface area contributed by atoms with E-state index in [0.717, 1.165) is 63.4 Å². The number of benzene rings is 1. The summed E-state index contributed by atoms with van der Waals surface area (Å²) in [5, 5.41) is 0.780. The van der Waals surface area contributed by atoms with Crippen LogP contribution < -0.4 is 0 Å². The summed E-state index contributed by atoms with van der Waals surface area (Å²) in [6.45, 7) is 5.43. The van der Waals surface area contributed by atoms with Crippen molar-refractivity contribution >= 4 is 17.5 Å². The highest BCUT2D eigenvalue weighted by atomic mass is 35.5. The van der Waals surface area contributed by atoms with Crippen LogP contribution in [0.3, 0.4) is 0 Å². The number of carbonyl (C=O) groups excluding carboxylic acids is 1. The summed E-state index contributed by atoms with van der Waals surface area (Å²) in [6, 6.07) is 8.02. The zero-order chi connectivity index (χ0) is 18.0. The first kappa shape index (κ1) is 18.2. The van der Waals surface area contributed by atoms with E-state index in [1.807, 2.05) is 23.1 Å². The Morgan fingerprint density at radius 1 is 1.31 bits per heavy atom. The minimum atomic E-state index is -0.0990. The van der Waals surface area contributed by atoms with Gasteiger partial charge in [-0.1, -0.05) is 23.7 Å². The molecule has 3 saturated heterocycles. The standard InChI is InChI=1S/C20H27ClN2O3/c21-17-5-3-4-16(10-17)12-22-14-20(15-22)11-18(6-9-26-20)25-13-19(24)23-7-1-2-8-23/h3-5,10,18H,1-2,6-9,11-15H2. The maximum Gasteiger partial charge on any atom is 0.248 e. The van der Waals surface area contributed by atoms with Gasteiger partial charge >= 0.3 is 0 Å². The number of nitrogens with zero attached hydrogens (tertiary/aromatic N) is 2. The molecule has 3 aliphatic heterocycles. The number of amides is 1. The number of likely N-dealkylation sites (tertiary alicyclic amines) is 2. The molecular formula is C20H27ClN2O3. The van der Waals surface area contributed by atoms with Gasteiger partial charge in [0.05, 0.1) is 11.7 Å². The summed E-state index contributed by atoms with van der Waals surface area (Å²) in [5.41, 5.74) is 1.13. The third kappa shape index (κ3) is 4.22. The second-order valence-corrected chi connectivity index (χ2v) is 8.26. The molecule has 6 heteroatoms. The van der Waals surface area contributed by atoms with Crippen molar-refractivity contribution in [1.29, 1.82) is 0 Å². The molecule has 0 aliphatic carbocycles. The van der Waals surface area contributed by atoms with Crippen LogP contribution in [0, 0.1) is 0 Å². The highest BCUT2D eigenvalue weighted by Crippen LogP contribution is 2.36. The van der Waals surface area contributed by atoms with E-state index in [1.54, 1.807) is 0 Å². The number of ether oxygens (including phenoxy) is 2. The second kappa shape index (κ2) is 7.85. The van der Waals surface area contributed by atoms with Gasteiger partial charge in [-0.2, -0.15) is 0 Å². The predicted octanol–water partition coefficient (Wildman–Crippen LogP) is 2.71. The summed E-state index contributed by atoms with van der Waals surface area (Å²) in [4.78, 5) is 16.5. The number of halogens is 1. The van der Waals surface area contributed by atoms with Gasteiger partial charge in [-0.15, -0.1) is 0 Å². The number of rotatable bonds is 5. The molecule has 0 radical (unpaired) electrons. The first-order chi connectivity index (χ1) is 12.6. The molecule has 0 aromatic heterocycles. The molecule has 0 N–H and O–H groups in total. The third-order valence-corrected chi connectivity index (χ3v) is 5.90. The van der Waals surface area contributed by atoms with Gasteiger partial charge in [0.2, 0.25) is 5.91 Å². The fourth-order valence-corrected chi connectivity index (χ4v) is 4.58. The normalized spacial score (nSPS) is 25.4. The van der Waals surface area contributed by atoms with Gasteiger partial charge in [-0.3, -0.25) is 9.69 Å². The Labute approximate surface area is 160 Å². The Morgan fingerprint density at radius 2 is 2.12 bits per heavy atom. The average molecular weight is 379 g/mol. The molecule has 142 valence electrons. The van der Waals surface area contributed by atoms with Gasteiger partial charge in [0, 0.05) is 50.8 Å². The summed E-state index contributed by atoms with van der Waals surface area (Å²) in [5.74, 6) is 0.138. The zero-order valence-corrected chi connectivity index (χ0v) is 15.9. The Kier molecular flexibility index (Phi) is 5.50. The van der Waals surface area contributed by atoms with Gasteiger partial charge in [0.1, 0.15) is 6.61 Å². The van der Waals surface area contributed by atoms with Crippen molar-refractivity contribution < 1.29 is 14.3 Å². The van der Waals surface area contributed by atoms with E-state index in [9.17, 15) is 4.79 Å². The Hall–Kier alpha value is -1.14. The van der Waals surface area contributed by atoms with Crippen LogP contribution in [0.25, 0.3) is 0 Å². The smallest absolute Gasteiger partial charge is 0.248 e. The van der Waals surface area contributed by atoms with E-state index in [1.165, 1.54) is 5.56 Å². The van der Waals surface area contributed by atoms with Crippen molar-refractivity contribution in [2.75, 3.05) is 39.4 Å². The average Bonchev–Trinajstić information content (AvgIpc) is 3.13. The minimum absolute atomic E-state index is 0.0990. The lowest BCUT2D eigenvalue weighted by Gasteiger charge is -2.53. The first-order valence-corrected chi connectivity index (χ1v) is 10.00. The molecule has 3 aliphatic rings. The highest BCUT2D eigenvalue weighted by molar-refractivity contribution is 6.30. The summed E-state index contributed by atoms with van der Waals surface area (Å²) in [7, 11) is 0. The van der Waals surface area contributed by atoms with Gasteiger partial charge in [0.15, 0.2) is 0 Å². The molecule has 0 saturated carbocycles. The van der Waals surface area contributed by atoms with E-state index >= 15 is 0 Å². The molecular weight excluding hydrogens is 352 g/mol. The molecule has 5 nitrogen and oxygen atoms in total. The van der Waals surface area contributed by atoms with Crippen LogP contribution in [-0.2, 0) is 20.8 Å². The lowest BCUT2D eigenvalue weighted by atomic mass is 9.84. The fourth-order valence-electron chi connectivity index (χ4n) is 4.37. The van der Waals surface area contributed by atoms with Gasteiger partial charge in [-0.25, -0.2) is 0 Å². The topological polar surface area (TPSA) is 42.0 Å². The lowest BCUT2D eigenvalue weighted by Crippen LogP contribution is -2.65. The Balaban J connectivity index is 1.23. The van der Waals surface area contributed by atoms with Crippen molar-refractivity contribution in [3.8, 4) is 0 Å². The molecule has 26 heavy (non-hydrogen) atoms. The van der Waals surface area contributed by atoms with E-state index in [-0.39, 0.29) is 24.2 Å². The van der Waals surface area contributed by atoms with Crippen LogP contribution in [0.1, 0.15) is 31.2 Å². The first-order valence-electron chi connectivity index (χ1n) is 9.62. The summed E-state index contributed by atoms with van der Waals surface area (Å²) < 4.78 is 12.0. The van der Waals surface area contributed by atoms with Crippen LogP contribution >= 0.6 is 11.6 Å². The number of carbonyl (C=O) groups is 1. The molecule has 1 amide bonds. The van der Waals surface area contributed by atoms with Crippen molar-refractivity contribution in [2.45, 2.75) is 43.9 Å². The second-order valence-electron chi connectivity index (χ2n) is 7.82. The number of hydrogen-bond acceptors (Lipinski definition) is 4. The molecule has 1 unspecified atom stereocenters. The van der Waals surface area contributed by atoms with Gasteiger partial charge in [-0.05, 0) is 37.0 Å². The molecule has 1 aromatic carbocycles. The SMILES string of the molecule is O=C(COC1CCOC2(C1)CN(Cc1cccc(Cl)c1)C2)N1CCCC1. The van der Waals surface area contributed by atoms with E-state index in [4.69, 9.17) is 21.1 Å². The van der Waals surface area contributed by atoms with Gasteiger partial charge in [0.25, 0.3) is 0 Å². The third-order valence-electron chi connectivity index (χ3n) is 5.67. The molecule has 1 aromatic rings. The number of hydrogen-bond donors (Lipinski definition) is 0. The minimum Gasteiger partial charge on any atom is -0.372 e. The van der Waals surface area contributed by atoms with E-state index < -0.39 is 0 Å². The maximum absolute atomic E-state index is 12.2. The summed E-state index contributed by atoms with van der Waals surface area (Å²) >= 11 is 6.07. The zero-order valence-electron chi connectivity index (χ0n) is 15.2. The predicted molar refractivity (Wildman–Crippen MR) is 100 cm³/mol. The summed E-state index contributed by atoms with van der Waals surface area (Å²) in [6.07, 6.45) is 4.13. The van der Waals surface area contributed by atoms with Crippen LogP contribution in [0.15, 0.2) is 24.3 Å². The van der Waals surface area contributed by atoms with Crippen LogP contribution in [0.4, 0.5) is 0 Å². The molecule has 1 atom stereocenters. The maximum atomic E-state index is 12.2. The van der Waals surface area contributed by atoms with Crippen LogP contribution in [0.5, 0.6) is 0 Å². The monoisotopic (exact) mass is 378 g/mol. The molecule has 4 rings (SSSR count). The lowest BCUT2D eigenvalue weighted by molar-refractivity contribution is -0.200. The van der Waals surface area contributed by atoms with Crippen molar-refractivity contribution in [3.05, 3.63) is 34.9 Å².